The smallest absolute Gasteiger partial charge is 0.207 e. The van der Waals surface area contributed by atoms with Crippen LogP contribution in [0.5, 0.6) is 0 Å². The lowest BCUT2D eigenvalue weighted by Crippen LogP contribution is -2.06. The third-order valence-corrected chi connectivity index (χ3v) is 3.33. The molecule has 0 aliphatic heterocycles. The number of aromatic nitrogens is 4. The minimum Gasteiger partial charge on any atom is -0.369 e. The number of fused-ring (bicyclic) bond motifs is 1. The molecule has 0 fully saturated rings. The van der Waals surface area contributed by atoms with Crippen molar-refractivity contribution in [3.05, 3.63) is 35.5 Å². The quantitative estimate of drug-likeness (QED) is 0.766. The lowest BCUT2D eigenvalue weighted by atomic mass is 10.2. The summed E-state index contributed by atoms with van der Waals surface area (Å²) in [6.07, 6.45) is 0.785. The summed E-state index contributed by atoms with van der Waals surface area (Å²) in [6.45, 7) is 2.03. The van der Waals surface area contributed by atoms with E-state index in [1.807, 2.05) is 32.2 Å². The Balaban J connectivity index is 2.40. The van der Waals surface area contributed by atoms with Crippen LogP contribution in [0, 0.1) is 11.3 Å². The summed E-state index contributed by atoms with van der Waals surface area (Å²) < 4.78 is 3.53. The normalized spacial score (nSPS) is 10.8. The van der Waals surface area contributed by atoms with Crippen LogP contribution in [0.3, 0.4) is 0 Å². The molecule has 20 heavy (non-hydrogen) atoms. The summed E-state index contributed by atoms with van der Waals surface area (Å²) in [5, 5.41) is 13.7. The largest absolute Gasteiger partial charge is 0.369 e. The lowest BCUT2D eigenvalue weighted by Gasteiger charge is -2.08. The Labute approximate surface area is 116 Å². The van der Waals surface area contributed by atoms with Crippen LogP contribution < -0.4 is 5.73 Å². The second kappa shape index (κ2) is 4.38. The van der Waals surface area contributed by atoms with Crippen molar-refractivity contribution in [1.82, 2.24) is 19.3 Å². The maximum absolute atomic E-state index is 9.25. The second-order valence-electron chi connectivity index (χ2n) is 4.53. The second-order valence-corrected chi connectivity index (χ2v) is 4.53. The number of nitriles is 1. The van der Waals surface area contributed by atoms with Crippen LogP contribution in [-0.2, 0) is 13.5 Å². The van der Waals surface area contributed by atoms with Crippen molar-refractivity contribution in [1.29, 1.82) is 5.26 Å². The standard InChI is InChI=1S/C14H14N6/c1-3-10-12-13(19(2)18-10)20(14(16)17-12)11-7-5-4-6-9(11)8-15/h4-7H,3H2,1-2H3,(H2,16,17). The number of imidazole rings is 1. The van der Waals surface area contributed by atoms with Gasteiger partial charge in [-0.3, -0.25) is 4.57 Å². The van der Waals surface area contributed by atoms with E-state index >= 15 is 0 Å². The first-order chi connectivity index (χ1) is 9.67. The molecule has 0 bridgehead atoms. The van der Waals surface area contributed by atoms with E-state index in [2.05, 4.69) is 16.2 Å². The molecule has 1 aromatic carbocycles. The van der Waals surface area contributed by atoms with Crippen LogP contribution in [-0.4, -0.2) is 19.3 Å². The molecule has 2 aromatic heterocycles. The molecule has 0 spiro atoms. The number of nitrogen functional groups attached to an aromatic ring is 1. The van der Waals surface area contributed by atoms with Gasteiger partial charge >= 0.3 is 0 Å². The van der Waals surface area contributed by atoms with E-state index in [-0.39, 0.29) is 0 Å². The van der Waals surface area contributed by atoms with Gasteiger partial charge in [0, 0.05) is 7.05 Å². The number of hydrogen-bond donors (Lipinski definition) is 1. The minimum atomic E-state index is 0.366. The van der Waals surface area contributed by atoms with Crippen molar-refractivity contribution < 1.29 is 0 Å². The molecule has 0 aliphatic carbocycles. The Morgan fingerprint density at radius 2 is 2.10 bits per heavy atom. The first-order valence-electron chi connectivity index (χ1n) is 6.36. The molecule has 0 amide bonds. The molecule has 2 N–H and O–H groups in total. The minimum absolute atomic E-state index is 0.366. The van der Waals surface area contributed by atoms with Gasteiger partial charge in [-0.2, -0.15) is 10.4 Å². The number of para-hydroxylation sites is 1. The van der Waals surface area contributed by atoms with Gasteiger partial charge in [0.05, 0.1) is 16.9 Å². The zero-order chi connectivity index (χ0) is 14.3. The topological polar surface area (TPSA) is 85.5 Å². The summed E-state index contributed by atoms with van der Waals surface area (Å²) in [4.78, 5) is 4.40. The molecule has 0 unspecified atom stereocenters. The first kappa shape index (κ1) is 12.2. The average Bonchev–Trinajstić information content (AvgIpc) is 2.95. The van der Waals surface area contributed by atoms with Crippen molar-refractivity contribution >= 4 is 17.1 Å². The fraction of sp³-hybridized carbons (Fsp3) is 0.214. The van der Waals surface area contributed by atoms with E-state index in [1.165, 1.54) is 0 Å². The van der Waals surface area contributed by atoms with Gasteiger partial charge in [0.1, 0.15) is 11.6 Å². The van der Waals surface area contributed by atoms with Crippen LogP contribution in [0.15, 0.2) is 24.3 Å². The molecular formula is C14H14N6. The summed E-state index contributed by atoms with van der Waals surface area (Å²) in [7, 11) is 1.86. The van der Waals surface area contributed by atoms with Crippen LogP contribution in [0.25, 0.3) is 16.9 Å². The number of anilines is 1. The van der Waals surface area contributed by atoms with E-state index < -0.39 is 0 Å². The van der Waals surface area contributed by atoms with Crippen LogP contribution in [0.4, 0.5) is 5.95 Å². The predicted octanol–water partition coefficient (Wildman–Crippen LogP) is 1.78. The fourth-order valence-corrected chi connectivity index (χ4v) is 2.44. The molecule has 0 atom stereocenters. The molecule has 100 valence electrons. The summed E-state index contributed by atoms with van der Waals surface area (Å²) >= 11 is 0. The number of nitrogens with zero attached hydrogens (tertiary/aromatic N) is 5. The molecule has 0 saturated carbocycles. The molecule has 0 saturated heterocycles. The van der Waals surface area contributed by atoms with Crippen LogP contribution >= 0.6 is 0 Å². The van der Waals surface area contributed by atoms with E-state index in [4.69, 9.17) is 5.73 Å². The average molecular weight is 266 g/mol. The molecule has 6 nitrogen and oxygen atoms in total. The Morgan fingerprint density at radius 1 is 1.35 bits per heavy atom. The highest BCUT2D eigenvalue weighted by molar-refractivity contribution is 5.80. The predicted molar refractivity (Wildman–Crippen MR) is 76.3 cm³/mol. The molecule has 6 heteroatoms. The highest BCUT2D eigenvalue weighted by Gasteiger charge is 2.19. The molecule has 3 rings (SSSR count). The van der Waals surface area contributed by atoms with Crippen molar-refractivity contribution in [2.45, 2.75) is 13.3 Å². The zero-order valence-electron chi connectivity index (χ0n) is 11.3. The number of aryl methyl sites for hydroxylation is 2. The monoisotopic (exact) mass is 266 g/mol. The van der Waals surface area contributed by atoms with Gasteiger partial charge in [0.15, 0.2) is 5.65 Å². The third kappa shape index (κ3) is 1.57. The van der Waals surface area contributed by atoms with Gasteiger partial charge in [-0.05, 0) is 18.6 Å². The number of nitrogens with two attached hydrogens (primary N) is 1. The molecular weight excluding hydrogens is 252 g/mol. The van der Waals surface area contributed by atoms with Crippen LogP contribution in [0.1, 0.15) is 18.2 Å². The maximum atomic E-state index is 9.25. The molecule has 2 heterocycles. The number of hydrogen-bond acceptors (Lipinski definition) is 4. The van der Waals surface area contributed by atoms with Crippen LogP contribution in [0.2, 0.25) is 0 Å². The van der Waals surface area contributed by atoms with E-state index in [0.29, 0.717) is 11.5 Å². The molecule has 0 aliphatic rings. The maximum Gasteiger partial charge on any atom is 0.207 e. The highest BCUT2D eigenvalue weighted by Crippen LogP contribution is 2.26. The molecule has 0 radical (unpaired) electrons. The number of benzene rings is 1. The van der Waals surface area contributed by atoms with Crippen molar-refractivity contribution in [3.8, 4) is 11.8 Å². The van der Waals surface area contributed by atoms with Crippen molar-refractivity contribution in [2.75, 3.05) is 5.73 Å². The fourth-order valence-electron chi connectivity index (χ4n) is 2.44. The highest BCUT2D eigenvalue weighted by atomic mass is 15.3. The van der Waals surface area contributed by atoms with E-state index in [0.717, 1.165) is 29.0 Å². The van der Waals surface area contributed by atoms with Crippen molar-refractivity contribution in [3.63, 3.8) is 0 Å². The molecule has 3 aromatic rings. The SMILES string of the molecule is CCc1nn(C)c2c1nc(N)n2-c1ccccc1C#N. The van der Waals surface area contributed by atoms with E-state index in [9.17, 15) is 5.26 Å². The van der Waals surface area contributed by atoms with E-state index in [1.54, 1.807) is 15.3 Å². The van der Waals surface area contributed by atoms with Gasteiger partial charge in [-0.15, -0.1) is 0 Å². The van der Waals surface area contributed by atoms with Gasteiger partial charge in [0.2, 0.25) is 5.95 Å². The summed E-state index contributed by atoms with van der Waals surface area (Å²) in [5.41, 5.74) is 9.83. The van der Waals surface area contributed by atoms with Gasteiger partial charge in [0.25, 0.3) is 0 Å². The Bertz CT molecular complexity index is 833. The lowest BCUT2D eigenvalue weighted by molar-refractivity contribution is 0.751. The van der Waals surface area contributed by atoms with Crippen molar-refractivity contribution in [2.24, 2.45) is 7.05 Å². The van der Waals surface area contributed by atoms with Gasteiger partial charge in [-0.25, -0.2) is 9.67 Å². The zero-order valence-corrected chi connectivity index (χ0v) is 11.3. The number of rotatable bonds is 2. The summed E-state index contributed by atoms with van der Waals surface area (Å²) in [5.74, 6) is 0.366. The Kier molecular flexibility index (Phi) is 2.68. The third-order valence-electron chi connectivity index (χ3n) is 3.33. The van der Waals surface area contributed by atoms with Gasteiger partial charge < -0.3 is 5.73 Å². The first-order valence-corrected chi connectivity index (χ1v) is 6.36. The van der Waals surface area contributed by atoms with Gasteiger partial charge in [-0.1, -0.05) is 19.1 Å². The summed E-state index contributed by atoms with van der Waals surface area (Å²) in [6, 6.07) is 9.50. The Hall–Kier alpha value is -2.81. The Morgan fingerprint density at radius 3 is 2.80 bits per heavy atom.